The standard InChI is InChI=1S/C15H17N3OS/c1-9(10-5-6-10)14(19)18-15-17-13(8-20-15)11-3-2-4-12(16)7-11/h2-4,7-10H,5-6,16H2,1H3,(H,17,18,19). The van der Waals surface area contributed by atoms with E-state index in [4.69, 9.17) is 5.73 Å². The molecule has 5 heteroatoms. The molecular formula is C15H17N3OS. The minimum absolute atomic E-state index is 0.0703. The summed E-state index contributed by atoms with van der Waals surface area (Å²) in [6, 6.07) is 7.59. The molecule has 1 saturated carbocycles. The Balaban J connectivity index is 1.72. The van der Waals surface area contributed by atoms with Crippen molar-refractivity contribution in [1.82, 2.24) is 4.98 Å². The minimum atomic E-state index is 0.0703. The van der Waals surface area contributed by atoms with Crippen molar-refractivity contribution in [3.05, 3.63) is 29.6 Å². The van der Waals surface area contributed by atoms with Gasteiger partial charge < -0.3 is 11.1 Å². The van der Waals surface area contributed by atoms with E-state index in [1.165, 1.54) is 24.2 Å². The third-order valence-corrected chi connectivity index (χ3v) is 4.42. The van der Waals surface area contributed by atoms with Crippen LogP contribution >= 0.6 is 11.3 Å². The molecule has 1 atom stereocenters. The Bertz CT molecular complexity index is 634. The molecule has 1 unspecified atom stereocenters. The molecule has 0 spiro atoms. The molecule has 1 heterocycles. The fourth-order valence-electron chi connectivity index (χ4n) is 2.19. The number of aromatic nitrogens is 1. The van der Waals surface area contributed by atoms with Gasteiger partial charge in [0.2, 0.25) is 5.91 Å². The molecule has 1 amide bonds. The van der Waals surface area contributed by atoms with Crippen molar-refractivity contribution >= 4 is 28.1 Å². The summed E-state index contributed by atoms with van der Waals surface area (Å²) in [4.78, 5) is 16.5. The molecule has 1 aliphatic rings. The highest BCUT2D eigenvalue weighted by atomic mass is 32.1. The van der Waals surface area contributed by atoms with Crippen LogP contribution in [0.15, 0.2) is 29.6 Å². The van der Waals surface area contributed by atoms with Crippen molar-refractivity contribution in [2.75, 3.05) is 11.1 Å². The van der Waals surface area contributed by atoms with Gasteiger partial charge in [0.1, 0.15) is 0 Å². The quantitative estimate of drug-likeness (QED) is 0.847. The van der Waals surface area contributed by atoms with Crippen LogP contribution in [0.25, 0.3) is 11.3 Å². The van der Waals surface area contributed by atoms with Crippen LogP contribution in [-0.2, 0) is 4.79 Å². The molecule has 0 bridgehead atoms. The van der Waals surface area contributed by atoms with Crippen LogP contribution in [-0.4, -0.2) is 10.9 Å². The predicted molar refractivity (Wildman–Crippen MR) is 82.5 cm³/mol. The van der Waals surface area contributed by atoms with Gasteiger partial charge >= 0.3 is 0 Å². The second kappa shape index (κ2) is 5.25. The Morgan fingerprint density at radius 2 is 2.30 bits per heavy atom. The Morgan fingerprint density at radius 1 is 1.50 bits per heavy atom. The van der Waals surface area contributed by atoms with Crippen molar-refractivity contribution in [2.45, 2.75) is 19.8 Å². The van der Waals surface area contributed by atoms with Gasteiger partial charge in [-0.2, -0.15) is 0 Å². The highest BCUT2D eigenvalue weighted by molar-refractivity contribution is 7.14. The first kappa shape index (κ1) is 13.1. The maximum Gasteiger partial charge on any atom is 0.229 e. The molecule has 3 N–H and O–H groups in total. The zero-order chi connectivity index (χ0) is 14.1. The summed E-state index contributed by atoms with van der Waals surface area (Å²) in [6.07, 6.45) is 2.34. The Morgan fingerprint density at radius 3 is 3.00 bits per heavy atom. The number of nitrogens with two attached hydrogens (primary N) is 1. The van der Waals surface area contributed by atoms with E-state index < -0.39 is 0 Å². The van der Waals surface area contributed by atoms with Crippen molar-refractivity contribution in [1.29, 1.82) is 0 Å². The summed E-state index contributed by atoms with van der Waals surface area (Å²) >= 11 is 1.44. The Kier molecular flexibility index (Phi) is 3.44. The van der Waals surface area contributed by atoms with Crippen LogP contribution < -0.4 is 11.1 Å². The number of carbonyl (C=O) groups is 1. The first-order chi connectivity index (χ1) is 9.63. The normalized spacial score (nSPS) is 15.8. The molecule has 104 valence electrons. The van der Waals surface area contributed by atoms with E-state index in [2.05, 4.69) is 10.3 Å². The number of hydrogen-bond donors (Lipinski definition) is 2. The summed E-state index contributed by atoms with van der Waals surface area (Å²) in [7, 11) is 0. The lowest BCUT2D eigenvalue weighted by atomic mass is 10.1. The lowest BCUT2D eigenvalue weighted by Crippen LogP contribution is -2.21. The molecule has 1 aromatic carbocycles. The second-order valence-electron chi connectivity index (χ2n) is 5.28. The SMILES string of the molecule is CC(C(=O)Nc1nc(-c2cccc(N)c2)cs1)C1CC1. The number of rotatable bonds is 4. The smallest absolute Gasteiger partial charge is 0.229 e. The number of benzene rings is 1. The van der Waals surface area contributed by atoms with Gasteiger partial charge in [0.15, 0.2) is 5.13 Å². The van der Waals surface area contributed by atoms with E-state index in [9.17, 15) is 4.79 Å². The Labute approximate surface area is 122 Å². The highest BCUT2D eigenvalue weighted by Crippen LogP contribution is 2.37. The first-order valence-electron chi connectivity index (χ1n) is 6.76. The number of thiazole rings is 1. The van der Waals surface area contributed by atoms with Crippen LogP contribution in [0.5, 0.6) is 0 Å². The largest absolute Gasteiger partial charge is 0.399 e. The molecule has 1 aromatic heterocycles. The molecular weight excluding hydrogens is 270 g/mol. The van der Waals surface area contributed by atoms with Gasteiger partial charge in [-0.25, -0.2) is 4.98 Å². The molecule has 20 heavy (non-hydrogen) atoms. The number of anilines is 2. The average molecular weight is 287 g/mol. The summed E-state index contributed by atoms with van der Waals surface area (Å²) in [5, 5.41) is 5.49. The van der Waals surface area contributed by atoms with Gasteiger partial charge in [0, 0.05) is 22.5 Å². The third kappa shape index (κ3) is 2.82. The van der Waals surface area contributed by atoms with Gasteiger partial charge in [-0.05, 0) is 30.9 Å². The maximum absolute atomic E-state index is 12.0. The number of nitrogens with one attached hydrogen (secondary N) is 1. The number of carbonyl (C=O) groups excluding carboxylic acids is 1. The van der Waals surface area contributed by atoms with E-state index in [0.29, 0.717) is 16.7 Å². The summed E-state index contributed by atoms with van der Waals surface area (Å²) in [5.74, 6) is 0.707. The number of nitrogen functional groups attached to an aromatic ring is 1. The van der Waals surface area contributed by atoms with Crippen LogP contribution in [0.1, 0.15) is 19.8 Å². The molecule has 3 rings (SSSR count). The molecule has 4 nitrogen and oxygen atoms in total. The Hall–Kier alpha value is -1.88. The molecule has 0 aliphatic heterocycles. The number of nitrogens with zero attached hydrogens (tertiary/aromatic N) is 1. The monoisotopic (exact) mass is 287 g/mol. The molecule has 1 fully saturated rings. The summed E-state index contributed by atoms with van der Waals surface area (Å²) < 4.78 is 0. The highest BCUT2D eigenvalue weighted by Gasteiger charge is 2.32. The summed E-state index contributed by atoms with van der Waals surface area (Å²) in [6.45, 7) is 1.99. The van der Waals surface area contributed by atoms with Crippen molar-refractivity contribution in [3.8, 4) is 11.3 Å². The maximum atomic E-state index is 12.0. The third-order valence-electron chi connectivity index (χ3n) is 3.66. The minimum Gasteiger partial charge on any atom is -0.399 e. The van der Waals surface area contributed by atoms with Gasteiger partial charge in [0.25, 0.3) is 0 Å². The fourth-order valence-corrected chi connectivity index (χ4v) is 2.91. The van der Waals surface area contributed by atoms with Gasteiger partial charge in [-0.15, -0.1) is 11.3 Å². The molecule has 0 radical (unpaired) electrons. The fraction of sp³-hybridized carbons (Fsp3) is 0.333. The van der Waals surface area contributed by atoms with E-state index in [1.54, 1.807) is 0 Å². The van der Waals surface area contributed by atoms with Crippen molar-refractivity contribution in [2.24, 2.45) is 11.8 Å². The topological polar surface area (TPSA) is 68.0 Å². The first-order valence-corrected chi connectivity index (χ1v) is 7.64. The van der Waals surface area contributed by atoms with Crippen LogP contribution in [0, 0.1) is 11.8 Å². The van der Waals surface area contributed by atoms with Gasteiger partial charge in [-0.1, -0.05) is 19.1 Å². The van der Waals surface area contributed by atoms with Crippen molar-refractivity contribution < 1.29 is 4.79 Å². The number of hydrogen-bond acceptors (Lipinski definition) is 4. The van der Waals surface area contributed by atoms with E-state index >= 15 is 0 Å². The van der Waals surface area contributed by atoms with Crippen LogP contribution in [0.2, 0.25) is 0 Å². The lowest BCUT2D eigenvalue weighted by molar-refractivity contribution is -0.119. The molecule has 1 aliphatic carbocycles. The van der Waals surface area contributed by atoms with E-state index in [0.717, 1.165) is 11.3 Å². The second-order valence-corrected chi connectivity index (χ2v) is 6.14. The molecule has 0 saturated heterocycles. The van der Waals surface area contributed by atoms with E-state index in [1.807, 2.05) is 36.6 Å². The zero-order valence-electron chi connectivity index (χ0n) is 11.3. The zero-order valence-corrected chi connectivity index (χ0v) is 12.1. The van der Waals surface area contributed by atoms with Gasteiger partial charge in [0.05, 0.1) is 5.69 Å². The van der Waals surface area contributed by atoms with Crippen LogP contribution in [0.3, 0.4) is 0 Å². The molecule has 2 aromatic rings. The van der Waals surface area contributed by atoms with Crippen LogP contribution in [0.4, 0.5) is 10.8 Å². The summed E-state index contributed by atoms with van der Waals surface area (Å²) in [5.41, 5.74) is 8.29. The van der Waals surface area contributed by atoms with Crippen molar-refractivity contribution in [3.63, 3.8) is 0 Å². The van der Waals surface area contributed by atoms with E-state index in [-0.39, 0.29) is 11.8 Å². The van der Waals surface area contributed by atoms with Gasteiger partial charge in [-0.3, -0.25) is 4.79 Å². The average Bonchev–Trinajstić information content (AvgIpc) is 3.18. The number of amides is 1. The lowest BCUT2D eigenvalue weighted by Gasteiger charge is -2.08. The predicted octanol–water partition coefficient (Wildman–Crippen LogP) is 3.38.